The van der Waals surface area contributed by atoms with Gasteiger partial charge < -0.3 is 15.5 Å². The van der Waals surface area contributed by atoms with Crippen LogP contribution in [0.15, 0.2) is 0 Å². The monoisotopic (exact) mass is 269 g/mol. The van der Waals surface area contributed by atoms with Crippen molar-refractivity contribution in [1.82, 2.24) is 5.32 Å². The Morgan fingerprint density at radius 1 is 1.16 bits per heavy atom. The maximum absolute atomic E-state index is 11.1. The maximum atomic E-state index is 11.1. The van der Waals surface area contributed by atoms with E-state index in [0.717, 1.165) is 32.2 Å². The van der Waals surface area contributed by atoms with E-state index in [9.17, 15) is 9.90 Å². The Labute approximate surface area is 115 Å². The van der Waals surface area contributed by atoms with Gasteiger partial charge in [0.15, 0.2) is 0 Å². The molecule has 19 heavy (non-hydrogen) atoms. The average Bonchev–Trinajstić information content (AvgIpc) is 2.99. The Kier molecular flexibility index (Phi) is 5.64. The highest BCUT2D eigenvalue weighted by molar-refractivity contribution is 5.70. The van der Waals surface area contributed by atoms with Crippen molar-refractivity contribution in [2.45, 2.75) is 57.5 Å². The van der Waals surface area contributed by atoms with Gasteiger partial charge in [0.2, 0.25) is 0 Å². The predicted molar refractivity (Wildman–Crippen MR) is 73.9 cm³/mol. The van der Waals surface area contributed by atoms with Gasteiger partial charge in [-0.15, -0.1) is 0 Å². The van der Waals surface area contributed by atoms with E-state index in [2.05, 4.69) is 5.32 Å². The quantitative estimate of drug-likeness (QED) is 0.661. The van der Waals surface area contributed by atoms with Gasteiger partial charge in [0.05, 0.1) is 12.0 Å². The molecular formula is C15H27NO3. The summed E-state index contributed by atoms with van der Waals surface area (Å²) in [6.45, 7) is 1.35. The van der Waals surface area contributed by atoms with E-state index in [0.29, 0.717) is 12.5 Å². The summed E-state index contributed by atoms with van der Waals surface area (Å²) < 4.78 is 0. The lowest BCUT2D eigenvalue weighted by Crippen LogP contribution is -2.34. The van der Waals surface area contributed by atoms with Gasteiger partial charge in [-0.3, -0.25) is 4.79 Å². The average molecular weight is 269 g/mol. The van der Waals surface area contributed by atoms with Crippen LogP contribution in [0, 0.1) is 17.8 Å². The second-order valence-electron chi connectivity index (χ2n) is 6.33. The Balaban J connectivity index is 1.61. The predicted octanol–water partition coefficient (Wildman–Crippen LogP) is 2.02. The van der Waals surface area contributed by atoms with Gasteiger partial charge >= 0.3 is 5.97 Å². The summed E-state index contributed by atoms with van der Waals surface area (Å²) in [7, 11) is 0. The van der Waals surface area contributed by atoms with Crippen molar-refractivity contribution in [3.05, 3.63) is 0 Å². The SMILES string of the molecule is O=C(O)C1CCCC1CNCC(O)CC1CCCC1. The number of carboxylic acid groups (broad SMARTS) is 1. The molecule has 0 spiro atoms. The number of carbonyl (C=O) groups is 1. The van der Waals surface area contributed by atoms with Crippen LogP contribution in [0.5, 0.6) is 0 Å². The fourth-order valence-corrected chi connectivity index (χ4v) is 3.76. The Hall–Kier alpha value is -0.610. The van der Waals surface area contributed by atoms with E-state index in [4.69, 9.17) is 5.11 Å². The second-order valence-corrected chi connectivity index (χ2v) is 6.33. The molecule has 2 saturated carbocycles. The molecule has 2 aliphatic carbocycles. The third-order valence-corrected chi connectivity index (χ3v) is 4.84. The first-order valence-corrected chi connectivity index (χ1v) is 7.78. The molecular weight excluding hydrogens is 242 g/mol. The molecule has 0 bridgehead atoms. The van der Waals surface area contributed by atoms with Crippen LogP contribution in [0.4, 0.5) is 0 Å². The first-order chi connectivity index (χ1) is 9.16. The Morgan fingerprint density at radius 3 is 2.58 bits per heavy atom. The van der Waals surface area contributed by atoms with E-state index in [1.165, 1.54) is 25.7 Å². The minimum atomic E-state index is -0.657. The van der Waals surface area contributed by atoms with E-state index in [1.54, 1.807) is 0 Å². The Bertz CT molecular complexity index is 289. The van der Waals surface area contributed by atoms with Crippen molar-refractivity contribution < 1.29 is 15.0 Å². The number of hydrogen-bond acceptors (Lipinski definition) is 3. The topological polar surface area (TPSA) is 69.6 Å². The molecule has 0 radical (unpaired) electrons. The molecule has 0 saturated heterocycles. The number of nitrogens with one attached hydrogen (secondary N) is 1. The van der Waals surface area contributed by atoms with Gasteiger partial charge in [-0.2, -0.15) is 0 Å². The van der Waals surface area contributed by atoms with Gasteiger partial charge in [0.25, 0.3) is 0 Å². The fraction of sp³-hybridized carbons (Fsp3) is 0.933. The zero-order chi connectivity index (χ0) is 13.7. The summed E-state index contributed by atoms with van der Waals surface area (Å²) in [5.41, 5.74) is 0. The largest absolute Gasteiger partial charge is 0.481 e. The van der Waals surface area contributed by atoms with Crippen LogP contribution in [0.2, 0.25) is 0 Å². The maximum Gasteiger partial charge on any atom is 0.306 e. The van der Waals surface area contributed by atoms with E-state index >= 15 is 0 Å². The summed E-state index contributed by atoms with van der Waals surface area (Å²) in [5.74, 6) is 0.113. The highest BCUT2D eigenvalue weighted by atomic mass is 16.4. The van der Waals surface area contributed by atoms with Gasteiger partial charge in [-0.25, -0.2) is 0 Å². The fourth-order valence-electron chi connectivity index (χ4n) is 3.76. The molecule has 2 aliphatic rings. The van der Waals surface area contributed by atoms with Crippen LogP contribution in [0.3, 0.4) is 0 Å². The molecule has 0 aromatic rings. The number of aliphatic hydroxyl groups is 1. The number of rotatable bonds is 7. The van der Waals surface area contributed by atoms with Gasteiger partial charge in [0, 0.05) is 6.54 Å². The summed E-state index contributed by atoms with van der Waals surface area (Å²) in [6, 6.07) is 0. The van der Waals surface area contributed by atoms with Crippen molar-refractivity contribution >= 4 is 5.97 Å². The first-order valence-electron chi connectivity index (χ1n) is 7.78. The van der Waals surface area contributed by atoms with Crippen molar-refractivity contribution in [2.75, 3.05) is 13.1 Å². The molecule has 0 heterocycles. The van der Waals surface area contributed by atoms with Crippen LogP contribution in [-0.4, -0.2) is 35.4 Å². The van der Waals surface area contributed by atoms with Crippen LogP contribution in [0.1, 0.15) is 51.4 Å². The lowest BCUT2D eigenvalue weighted by Gasteiger charge is -2.19. The minimum absolute atomic E-state index is 0.181. The van der Waals surface area contributed by atoms with E-state index in [-0.39, 0.29) is 17.9 Å². The molecule has 4 heteroatoms. The first kappa shape index (κ1) is 14.8. The Morgan fingerprint density at radius 2 is 1.89 bits per heavy atom. The van der Waals surface area contributed by atoms with Gasteiger partial charge in [0.1, 0.15) is 0 Å². The third-order valence-electron chi connectivity index (χ3n) is 4.84. The standard InChI is InChI=1S/C15H27NO3/c17-13(8-11-4-1-2-5-11)10-16-9-12-6-3-7-14(12)15(18)19/h11-14,16-17H,1-10H2,(H,18,19). The summed E-state index contributed by atoms with van der Waals surface area (Å²) in [6.07, 6.45) is 8.62. The smallest absolute Gasteiger partial charge is 0.306 e. The van der Waals surface area contributed by atoms with Crippen molar-refractivity contribution in [3.63, 3.8) is 0 Å². The number of carboxylic acids is 1. The molecule has 2 fully saturated rings. The lowest BCUT2D eigenvalue weighted by atomic mass is 9.96. The number of aliphatic carboxylic acids is 1. The van der Waals surface area contributed by atoms with Crippen LogP contribution >= 0.6 is 0 Å². The molecule has 3 N–H and O–H groups in total. The molecule has 4 nitrogen and oxygen atoms in total. The minimum Gasteiger partial charge on any atom is -0.481 e. The lowest BCUT2D eigenvalue weighted by molar-refractivity contribution is -0.142. The van der Waals surface area contributed by atoms with Crippen LogP contribution in [-0.2, 0) is 4.79 Å². The van der Waals surface area contributed by atoms with Crippen LogP contribution < -0.4 is 5.32 Å². The molecule has 0 aromatic carbocycles. The number of aliphatic hydroxyl groups excluding tert-OH is 1. The molecule has 0 amide bonds. The highest BCUT2D eigenvalue weighted by Gasteiger charge is 2.32. The van der Waals surface area contributed by atoms with Crippen molar-refractivity contribution in [3.8, 4) is 0 Å². The summed E-state index contributed by atoms with van der Waals surface area (Å²) in [5, 5.41) is 22.4. The summed E-state index contributed by atoms with van der Waals surface area (Å²) >= 11 is 0. The highest BCUT2D eigenvalue weighted by Crippen LogP contribution is 2.31. The zero-order valence-electron chi connectivity index (χ0n) is 11.7. The molecule has 0 aliphatic heterocycles. The molecule has 3 atom stereocenters. The van der Waals surface area contributed by atoms with E-state index < -0.39 is 5.97 Å². The van der Waals surface area contributed by atoms with E-state index in [1.807, 2.05) is 0 Å². The van der Waals surface area contributed by atoms with Crippen molar-refractivity contribution in [2.24, 2.45) is 17.8 Å². The third kappa shape index (κ3) is 4.46. The normalized spacial score (nSPS) is 29.7. The summed E-state index contributed by atoms with van der Waals surface area (Å²) in [4.78, 5) is 11.1. The van der Waals surface area contributed by atoms with Crippen LogP contribution in [0.25, 0.3) is 0 Å². The van der Waals surface area contributed by atoms with Crippen molar-refractivity contribution in [1.29, 1.82) is 0 Å². The molecule has 3 unspecified atom stereocenters. The zero-order valence-corrected chi connectivity index (χ0v) is 11.7. The van der Waals surface area contributed by atoms with Gasteiger partial charge in [-0.05, 0) is 37.6 Å². The number of hydrogen-bond donors (Lipinski definition) is 3. The second kappa shape index (κ2) is 7.25. The van der Waals surface area contributed by atoms with Gasteiger partial charge in [-0.1, -0.05) is 32.1 Å². The molecule has 2 rings (SSSR count). The molecule has 110 valence electrons. The molecule has 0 aromatic heterocycles.